The van der Waals surface area contributed by atoms with Crippen LogP contribution in [0.1, 0.15) is 0 Å². The van der Waals surface area contributed by atoms with E-state index in [4.69, 9.17) is 5.73 Å². The second-order valence-electron chi connectivity index (χ2n) is 3.49. The molecule has 88 valence electrons. The van der Waals surface area contributed by atoms with Crippen LogP contribution in [0.3, 0.4) is 0 Å². The molecule has 0 bridgehead atoms. The Bertz CT molecular complexity index is 558. The van der Waals surface area contributed by atoms with Crippen LogP contribution in [0.25, 0.3) is 0 Å². The molecule has 0 unspecified atom stereocenters. The number of anilines is 3. The number of nitrogens with one attached hydrogen (secondary N) is 1. The third-order valence-corrected chi connectivity index (χ3v) is 2.82. The van der Waals surface area contributed by atoms with Gasteiger partial charge in [-0.2, -0.15) is 0 Å². The molecule has 0 amide bonds. The van der Waals surface area contributed by atoms with E-state index < -0.39 is 0 Å². The maximum absolute atomic E-state index is 13.0. The zero-order valence-electron chi connectivity index (χ0n) is 8.68. The first kappa shape index (κ1) is 11.9. The molecule has 0 atom stereocenters. The maximum Gasteiger partial charge on any atom is 0.137 e. The van der Waals surface area contributed by atoms with Gasteiger partial charge in [0, 0.05) is 5.69 Å². The number of nitrogen functional groups attached to an aromatic ring is 1. The van der Waals surface area contributed by atoms with Crippen LogP contribution in [0.15, 0.2) is 40.9 Å². The lowest BCUT2D eigenvalue weighted by Gasteiger charge is -2.09. The zero-order valence-corrected chi connectivity index (χ0v) is 10.3. The monoisotopic (exact) mass is 298 g/mol. The normalized spacial score (nSPS) is 10.3. The van der Waals surface area contributed by atoms with E-state index in [1.54, 1.807) is 12.1 Å². The van der Waals surface area contributed by atoms with E-state index in [0.29, 0.717) is 21.5 Å². The third kappa shape index (κ3) is 2.74. The molecule has 5 heteroatoms. The van der Waals surface area contributed by atoms with E-state index in [9.17, 15) is 8.78 Å². The molecule has 2 aromatic carbocycles. The molecule has 0 fully saturated rings. The predicted molar refractivity (Wildman–Crippen MR) is 68.2 cm³/mol. The van der Waals surface area contributed by atoms with Crippen LogP contribution in [0.2, 0.25) is 0 Å². The second-order valence-corrected chi connectivity index (χ2v) is 4.34. The summed E-state index contributed by atoms with van der Waals surface area (Å²) in [5.74, 6) is -0.745. The van der Waals surface area contributed by atoms with Crippen molar-refractivity contribution in [1.82, 2.24) is 0 Å². The molecule has 0 saturated carbocycles. The summed E-state index contributed by atoms with van der Waals surface area (Å²) < 4.78 is 26.4. The van der Waals surface area contributed by atoms with Crippen molar-refractivity contribution in [2.24, 2.45) is 0 Å². The molecule has 3 N–H and O–H groups in total. The van der Waals surface area contributed by atoms with E-state index in [2.05, 4.69) is 21.2 Å². The third-order valence-electron chi connectivity index (χ3n) is 2.21. The minimum absolute atomic E-state index is 0.331. The molecule has 0 aliphatic carbocycles. The summed E-state index contributed by atoms with van der Waals surface area (Å²) in [4.78, 5) is 0. The molecule has 2 aromatic rings. The summed E-state index contributed by atoms with van der Waals surface area (Å²) in [6.45, 7) is 0. The molecule has 0 spiro atoms. The van der Waals surface area contributed by atoms with Crippen molar-refractivity contribution in [1.29, 1.82) is 0 Å². The van der Waals surface area contributed by atoms with Crippen LogP contribution < -0.4 is 11.1 Å². The molecule has 0 aromatic heterocycles. The summed E-state index contributed by atoms with van der Waals surface area (Å²) >= 11 is 3.07. The van der Waals surface area contributed by atoms with Crippen molar-refractivity contribution >= 4 is 33.0 Å². The molecule has 17 heavy (non-hydrogen) atoms. The van der Waals surface area contributed by atoms with Gasteiger partial charge in [0.2, 0.25) is 0 Å². The Hall–Kier alpha value is -1.62. The van der Waals surface area contributed by atoms with Gasteiger partial charge in [-0.15, -0.1) is 0 Å². The van der Waals surface area contributed by atoms with Gasteiger partial charge in [0.05, 0.1) is 15.8 Å². The minimum Gasteiger partial charge on any atom is -0.397 e. The Morgan fingerprint density at radius 3 is 2.53 bits per heavy atom. The maximum atomic E-state index is 13.0. The Morgan fingerprint density at radius 1 is 1.06 bits per heavy atom. The molecule has 2 nitrogen and oxygen atoms in total. The first-order valence-electron chi connectivity index (χ1n) is 4.83. The summed E-state index contributed by atoms with van der Waals surface area (Å²) in [5, 5.41) is 2.92. The van der Waals surface area contributed by atoms with E-state index in [0.717, 1.165) is 0 Å². The largest absolute Gasteiger partial charge is 0.397 e. The highest BCUT2D eigenvalue weighted by molar-refractivity contribution is 9.10. The smallest absolute Gasteiger partial charge is 0.137 e. The summed E-state index contributed by atoms with van der Waals surface area (Å²) in [6, 6.07) is 8.44. The Kier molecular flexibility index (Phi) is 3.28. The van der Waals surface area contributed by atoms with E-state index in [-0.39, 0.29) is 11.6 Å². The number of halogens is 3. The SMILES string of the molecule is Nc1ccc(F)cc1Nc1ccc(F)c(Br)c1. The van der Waals surface area contributed by atoms with Crippen molar-refractivity contribution < 1.29 is 8.78 Å². The fourth-order valence-corrected chi connectivity index (χ4v) is 1.74. The van der Waals surface area contributed by atoms with Crippen LogP contribution >= 0.6 is 15.9 Å². The van der Waals surface area contributed by atoms with Crippen LogP contribution in [0.5, 0.6) is 0 Å². The van der Waals surface area contributed by atoms with Gasteiger partial charge >= 0.3 is 0 Å². The average molecular weight is 299 g/mol. The highest BCUT2D eigenvalue weighted by Gasteiger charge is 2.04. The topological polar surface area (TPSA) is 38.0 Å². The summed E-state index contributed by atoms with van der Waals surface area (Å²) in [5.41, 5.74) is 7.18. The van der Waals surface area contributed by atoms with Crippen LogP contribution in [0, 0.1) is 11.6 Å². The highest BCUT2D eigenvalue weighted by Crippen LogP contribution is 2.26. The standard InChI is InChI=1S/C12H9BrF2N2/c13-9-6-8(2-3-10(9)15)17-12-5-7(14)1-4-11(12)16/h1-6,17H,16H2. The molecule has 0 aliphatic heterocycles. The van der Waals surface area contributed by atoms with E-state index in [1.165, 1.54) is 24.3 Å². The molecular weight excluding hydrogens is 290 g/mol. The number of hydrogen-bond acceptors (Lipinski definition) is 2. The molecule has 0 saturated heterocycles. The Balaban J connectivity index is 2.31. The van der Waals surface area contributed by atoms with Crippen molar-refractivity contribution in [3.05, 3.63) is 52.5 Å². The number of hydrogen-bond donors (Lipinski definition) is 2. The summed E-state index contributed by atoms with van der Waals surface area (Å²) in [6.07, 6.45) is 0. The highest BCUT2D eigenvalue weighted by atomic mass is 79.9. The van der Waals surface area contributed by atoms with Gasteiger partial charge in [0.1, 0.15) is 11.6 Å². The van der Waals surface area contributed by atoms with Gasteiger partial charge in [-0.05, 0) is 52.3 Å². The van der Waals surface area contributed by atoms with Gasteiger partial charge in [-0.3, -0.25) is 0 Å². The first-order valence-corrected chi connectivity index (χ1v) is 5.62. The van der Waals surface area contributed by atoms with Crippen LogP contribution in [-0.2, 0) is 0 Å². The van der Waals surface area contributed by atoms with Gasteiger partial charge in [-0.25, -0.2) is 8.78 Å². The Morgan fingerprint density at radius 2 is 1.82 bits per heavy atom. The summed E-state index contributed by atoms with van der Waals surface area (Å²) in [7, 11) is 0. The molecule has 0 aliphatic rings. The average Bonchev–Trinajstić information content (AvgIpc) is 2.29. The van der Waals surface area contributed by atoms with Crippen molar-refractivity contribution in [2.75, 3.05) is 11.1 Å². The molecule has 0 radical (unpaired) electrons. The molecular formula is C12H9BrF2N2. The quantitative estimate of drug-likeness (QED) is 0.821. The Labute approximate surface area is 106 Å². The first-order chi connectivity index (χ1) is 8.06. The van der Waals surface area contributed by atoms with Gasteiger partial charge < -0.3 is 11.1 Å². The predicted octanol–water partition coefficient (Wildman–Crippen LogP) is 4.05. The van der Waals surface area contributed by atoms with E-state index in [1.807, 2.05) is 0 Å². The fourth-order valence-electron chi connectivity index (χ4n) is 1.37. The lowest BCUT2D eigenvalue weighted by atomic mass is 10.2. The fraction of sp³-hybridized carbons (Fsp3) is 0. The van der Waals surface area contributed by atoms with Gasteiger partial charge in [-0.1, -0.05) is 0 Å². The second kappa shape index (κ2) is 4.71. The number of nitrogens with two attached hydrogens (primary N) is 1. The number of benzene rings is 2. The lowest BCUT2D eigenvalue weighted by molar-refractivity contribution is 0.621. The lowest BCUT2D eigenvalue weighted by Crippen LogP contribution is -1.97. The molecule has 0 heterocycles. The van der Waals surface area contributed by atoms with E-state index >= 15 is 0 Å². The number of rotatable bonds is 2. The van der Waals surface area contributed by atoms with Crippen LogP contribution in [-0.4, -0.2) is 0 Å². The molecule has 2 rings (SSSR count). The van der Waals surface area contributed by atoms with Crippen molar-refractivity contribution in [3.8, 4) is 0 Å². The minimum atomic E-state index is -0.386. The van der Waals surface area contributed by atoms with Gasteiger partial charge in [0.15, 0.2) is 0 Å². The van der Waals surface area contributed by atoms with Crippen molar-refractivity contribution in [2.45, 2.75) is 0 Å². The van der Waals surface area contributed by atoms with Crippen molar-refractivity contribution in [3.63, 3.8) is 0 Å². The van der Waals surface area contributed by atoms with Crippen LogP contribution in [0.4, 0.5) is 25.8 Å². The zero-order chi connectivity index (χ0) is 12.4. The van der Waals surface area contributed by atoms with Gasteiger partial charge in [0.25, 0.3) is 0 Å².